The second-order valence-electron chi connectivity index (χ2n) is 12.3. The second-order valence-corrected chi connectivity index (χ2v) is 13.4. The Morgan fingerprint density at radius 3 is 2.45 bits per heavy atom. The van der Waals surface area contributed by atoms with Gasteiger partial charge in [0.15, 0.2) is 5.13 Å². The maximum atomic E-state index is 14.4. The highest BCUT2D eigenvalue weighted by atomic mass is 32.1. The number of hydrogen-bond acceptors (Lipinski definition) is 10. The number of amides is 5. The molecular weight excluding hydrogens is 673 g/mol. The van der Waals surface area contributed by atoms with Gasteiger partial charge in [-0.15, -0.1) is 6.42 Å². The van der Waals surface area contributed by atoms with Crippen molar-refractivity contribution in [3.8, 4) is 23.8 Å². The summed E-state index contributed by atoms with van der Waals surface area (Å²) in [6.07, 6.45) is 4.71. The lowest BCUT2D eigenvalue weighted by molar-refractivity contribution is -0.157. The van der Waals surface area contributed by atoms with Gasteiger partial charge in [0, 0.05) is 33.6 Å². The molecule has 2 saturated heterocycles. The number of nitrogens with zero attached hydrogens (tertiary/aromatic N) is 6. The lowest BCUT2D eigenvalue weighted by Gasteiger charge is -2.46. The molecule has 3 N–H and O–H groups in total. The summed E-state index contributed by atoms with van der Waals surface area (Å²) in [5.41, 5.74) is 9.14. The first kappa shape index (κ1) is 35.0. The number of rotatable bonds is 10. The Hall–Kier alpha value is -5.85. The molecular formula is C36H38N8O6S. The Kier molecular flexibility index (Phi) is 10.3. The first-order valence-electron chi connectivity index (χ1n) is 16.2. The Morgan fingerprint density at radius 1 is 1.06 bits per heavy atom. The Balaban J connectivity index is 1.29. The van der Waals surface area contributed by atoms with Gasteiger partial charge in [-0.3, -0.25) is 9.59 Å². The van der Waals surface area contributed by atoms with Crippen LogP contribution in [-0.2, 0) is 29.1 Å². The molecule has 0 aliphatic carbocycles. The van der Waals surface area contributed by atoms with Crippen LogP contribution in [0.4, 0.5) is 14.7 Å². The fourth-order valence-electron chi connectivity index (χ4n) is 6.23. The van der Waals surface area contributed by atoms with Crippen LogP contribution in [0.25, 0.3) is 10.2 Å². The van der Waals surface area contributed by atoms with Gasteiger partial charge in [-0.05, 0) is 47.0 Å². The smallest absolute Gasteiger partial charge is 0.414 e. The van der Waals surface area contributed by atoms with Crippen molar-refractivity contribution in [3.05, 3.63) is 83.4 Å². The number of para-hydroxylation sites is 1. The summed E-state index contributed by atoms with van der Waals surface area (Å²) in [4.78, 5) is 63.0. The van der Waals surface area contributed by atoms with Gasteiger partial charge in [-0.1, -0.05) is 53.7 Å². The van der Waals surface area contributed by atoms with E-state index in [0.29, 0.717) is 22.1 Å². The average molecular weight is 711 g/mol. The third kappa shape index (κ3) is 7.52. The predicted octanol–water partition coefficient (Wildman–Crippen LogP) is 3.13. The number of piperazine rings is 1. The molecule has 6 rings (SSSR count). The maximum Gasteiger partial charge on any atom is 0.414 e. The summed E-state index contributed by atoms with van der Waals surface area (Å²) in [6.45, 7) is 0.282. The van der Waals surface area contributed by atoms with Crippen LogP contribution in [0.1, 0.15) is 16.7 Å². The number of carbonyl (C=O) groups is 4. The highest BCUT2D eigenvalue weighted by molar-refractivity contribution is 7.22. The van der Waals surface area contributed by atoms with Gasteiger partial charge in [-0.2, -0.15) is 5.01 Å². The molecule has 5 amide bonds. The molecule has 4 aromatic rings. The number of ether oxygens (including phenoxy) is 2. The Labute approximate surface area is 299 Å². The van der Waals surface area contributed by atoms with Crippen LogP contribution in [0, 0.1) is 12.3 Å². The van der Waals surface area contributed by atoms with E-state index in [1.165, 1.54) is 21.2 Å². The number of terminal acetylenes is 1. The molecule has 15 heteroatoms. The van der Waals surface area contributed by atoms with Crippen molar-refractivity contribution in [2.24, 2.45) is 0 Å². The number of thiazole rings is 1. The number of hydrogen-bond donors (Lipinski definition) is 2. The monoisotopic (exact) mass is 710 g/mol. The molecule has 3 heterocycles. The van der Waals surface area contributed by atoms with Crippen LogP contribution >= 0.6 is 11.3 Å². The normalized spacial score (nSPS) is 17.2. The summed E-state index contributed by atoms with van der Waals surface area (Å²) in [6, 6.07) is 18.4. The number of anilines is 1. The number of nitrogens with one attached hydrogen (secondary N) is 1. The summed E-state index contributed by atoms with van der Waals surface area (Å²) >= 11 is 1.36. The van der Waals surface area contributed by atoms with Crippen LogP contribution in [-0.4, -0.2) is 107 Å². The van der Waals surface area contributed by atoms with Crippen LogP contribution in [0.2, 0.25) is 0 Å². The van der Waals surface area contributed by atoms with Crippen molar-refractivity contribution >= 4 is 50.6 Å². The molecule has 264 valence electrons. The summed E-state index contributed by atoms with van der Waals surface area (Å²) in [5, 5.41) is 6.33. The number of nitrogens with two attached hydrogens (primary N) is 1. The van der Waals surface area contributed by atoms with E-state index in [1.54, 1.807) is 72.4 Å². The van der Waals surface area contributed by atoms with Gasteiger partial charge in [-0.25, -0.2) is 19.6 Å². The molecule has 0 bridgehead atoms. The SMILES string of the molecule is C#CCN(C(=O)NCc1ccc(OC)cc1)N1CC(=O)N2[C@@H](Cc3ccc(OC(=O)N(C)C)cc3)C(=O)N(Cc3cccc4sc(N)nc34)C[C@@H]21. The minimum absolute atomic E-state index is 0.102. The minimum Gasteiger partial charge on any atom is -0.497 e. The summed E-state index contributed by atoms with van der Waals surface area (Å²) in [7, 11) is 4.75. The number of urea groups is 1. The molecule has 0 radical (unpaired) electrons. The third-order valence-electron chi connectivity index (χ3n) is 8.76. The van der Waals surface area contributed by atoms with Crippen molar-refractivity contribution in [3.63, 3.8) is 0 Å². The summed E-state index contributed by atoms with van der Waals surface area (Å²) < 4.78 is 11.5. The standard InChI is InChI=1S/C36H38N8O6S/c1-5-17-42(35(47)38-19-24-11-13-26(49-4)14-12-24)43-22-31(45)44-28(18-23-9-15-27(16-10-23)50-36(48)40(2)3)33(46)41(21-30(43)44)20-25-7-6-8-29-32(25)39-34(37)51-29/h1,6-16,28,30H,17-22H2,2-4H3,(H2,37,39)(H,38,47)/t28-,30+/m0/s1. The van der Waals surface area contributed by atoms with E-state index in [9.17, 15) is 19.2 Å². The predicted molar refractivity (Wildman–Crippen MR) is 191 cm³/mol. The minimum atomic E-state index is -0.897. The topological polar surface area (TPSA) is 154 Å². The molecule has 2 aliphatic rings. The van der Waals surface area contributed by atoms with E-state index < -0.39 is 24.3 Å². The first-order valence-corrected chi connectivity index (χ1v) is 17.0. The fourth-order valence-corrected chi connectivity index (χ4v) is 7.02. The number of carbonyl (C=O) groups excluding carboxylic acids is 4. The van der Waals surface area contributed by atoms with E-state index in [2.05, 4.69) is 16.2 Å². The van der Waals surface area contributed by atoms with E-state index in [-0.39, 0.29) is 51.0 Å². The number of nitrogen functional groups attached to an aromatic ring is 1. The molecule has 14 nitrogen and oxygen atoms in total. The number of hydrazine groups is 1. The van der Waals surface area contributed by atoms with E-state index in [0.717, 1.165) is 21.4 Å². The number of methoxy groups -OCH3 is 1. The zero-order chi connectivity index (χ0) is 36.2. The number of fused-ring (bicyclic) bond motifs is 2. The summed E-state index contributed by atoms with van der Waals surface area (Å²) in [5.74, 6) is 3.02. The average Bonchev–Trinajstić information content (AvgIpc) is 3.67. The van der Waals surface area contributed by atoms with E-state index >= 15 is 0 Å². The third-order valence-corrected chi connectivity index (χ3v) is 9.61. The molecule has 1 aromatic heterocycles. The van der Waals surface area contributed by atoms with Crippen molar-refractivity contribution in [2.75, 3.05) is 46.6 Å². The number of aromatic nitrogens is 1. The van der Waals surface area contributed by atoms with Gasteiger partial charge < -0.3 is 35.2 Å². The van der Waals surface area contributed by atoms with Gasteiger partial charge in [0.2, 0.25) is 11.8 Å². The van der Waals surface area contributed by atoms with Crippen LogP contribution in [0.15, 0.2) is 66.7 Å². The highest BCUT2D eigenvalue weighted by Gasteiger charge is 2.52. The van der Waals surface area contributed by atoms with Crippen molar-refractivity contribution in [2.45, 2.75) is 31.7 Å². The van der Waals surface area contributed by atoms with Crippen molar-refractivity contribution in [1.82, 2.24) is 35.0 Å². The van der Waals surface area contributed by atoms with Crippen molar-refractivity contribution in [1.29, 1.82) is 0 Å². The molecule has 51 heavy (non-hydrogen) atoms. The zero-order valence-electron chi connectivity index (χ0n) is 28.4. The second kappa shape index (κ2) is 15.0. The zero-order valence-corrected chi connectivity index (χ0v) is 29.3. The molecule has 2 atom stereocenters. The maximum absolute atomic E-state index is 14.4. The van der Waals surface area contributed by atoms with Crippen LogP contribution in [0.5, 0.6) is 11.5 Å². The molecule has 3 aromatic carbocycles. The fraction of sp³-hybridized carbons (Fsp3) is 0.306. The molecule has 2 aliphatic heterocycles. The lowest BCUT2D eigenvalue weighted by atomic mass is 9.99. The van der Waals surface area contributed by atoms with Gasteiger partial charge >= 0.3 is 12.1 Å². The van der Waals surface area contributed by atoms with Gasteiger partial charge in [0.25, 0.3) is 0 Å². The lowest BCUT2D eigenvalue weighted by Crippen LogP contribution is -2.66. The largest absolute Gasteiger partial charge is 0.497 e. The highest BCUT2D eigenvalue weighted by Crippen LogP contribution is 2.32. The molecule has 0 saturated carbocycles. The Morgan fingerprint density at radius 2 is 1.76 bits per heavy atom. The quantitative estimate of drug-likeness (QED) is 0.237. The van der Waals surface area contributed by atoms with Crippen molar-refractivity contribution < 1.29 is 28.7 Å². The van der Waals surface area contributed by atoms with Crippen LogP contribution in [0.3, 0.4) is 0 Å². The number of benzene rings is 3. The first-order chi connectivity index (χ1) is 24.6. The van der Waals surface area contributed by atoms with E-state index in [4.69, 9.17) is 21.6 Å². The van der Waals surface area contributed by atoms with Gasteiger partial charge in [0.05, 0.1) is 37.0 Å². The molecule has 0 spiro atoms. The molecule has 0 unspecified atom stereocenters. The Bertz CT molecular complexity index is 1980. The molecule has 2 fully saturated rings. The van der Waals surface area contributed by atoms with E-state index in [1.807, 2.05) is 30.3 Å². The van der Waals surface area contributed by atoms with Crippen LogP contribution < -0.4 is 20.5 Å². The van der Waals surface area contributed by atoms with Gasteiger partial charge in [0.1, 0.15) is 23.7 Å².